The first kappa shape index (κ1) is 13.4. The topological polar surface area (TPSA) is 30.5 Å². The van der Waals surface area contributed by atoms with E-state index < -0.39 is 0 Å². The monoisotopic (exact) mass is 233 g/mol. The first-order chi connectivity index (χ1) is 8.22. The van der Waals surface area contributed by atoms with Crippen molar-refractivity contribution in [2.45, 2.75) is 26.4 Å². The van der Waals surface area contributed by atoms with Crippen LogP contribution >= 0.6 is 0 Å². The summed E-state index contributed by atoms with van der Waals surface area (Å²) < 4.78 is 10.9. The molecule has 1 unspecified atom stereocenters. The Bertz CT molecular complexity index is 396. The molecule has 0 bridgehead atoms. The molecule has 0 aliphatic heterocycles. The molecule has 92 valence electrons. The van der Waals surface area contributed by atoms with E-state index in [0.717, 1.165) is 17.1 Å². The van der Waals surface area contributed by atoms with Gasteiger partial charge in [0.05, 0.1) is 19.8 Å². The van der Waals surface area contributed by atoms with E-state index in [1.807, 2.05) is 32.0 Å². The van der Waals surface area contributed by atoms with Crippen molar-refractivity contribution >= 4 is 0 Å². The van der Waals surface area contributed by atoms with E-state index in [1.165, 1.54) is 0 Å². The molecule has 3 heteroatoms. The molecule has 0 aromatic heterocycles. The highest BCUT2D eigenvalue weighted by molar-refractivity contribution is 5.46. The molecule has 17 heavy (non-hydrogen) atoms. The van der Waals surface area contributed by atoms with Gasteiger partial charge in [0, 0.05) is 12.1 Å². The van der Waals surface area contributed by atoms with Crippen molar-refractivity contribution in [2.24, 2.45) is 0 Å². The SMILES string of the molecule is C#CC(C)NCc1cccc(OCC)c1OC. The van der Waals surface area contributed by atoms with Crippen molar-refractivity contribution < 1.29 is 9.47 Å². The number of rotatable bonds is 6. The summed E-state index contributed by atoms with van der Waals surface area (Å²) in [5.41, 5.74) is 1.04. The zero-order chi connectivity index (χ0) is 12.7. The molecule has 0 heterocycles. The minimum Gasteiger partial charge on any atom is -0.493 e. The highest BCUT2D eigenvalue weighted by Gasteiger charge is 2.09. The van der Waals surface area contributed by atoms with Crippen molar-refractivity contribution in [3.8, 4) is 23.8 Å². The Kier molecular flexibility index (Phi) is 5.38. The minimum atomic E-state index is 0.0375. The van der Waals surface area contributed by atoms with Gasteiger partial charge in [-0.3, -0.25) is 5.32 Å². The van der Waals surface area contributed by atoms with Crippen LogP contribution in [0.2, 0.25) is 0 Å². The third-order valence-electron chi connectivity index (χ3n) is 2.41. The van der Waals surface area contributed by atoms with Gasteiger partial charge in [-0.1, -0.05) is 18.1 Å². The van der Waals surface area contributed by atoms with Gasteiger partial charge in [-0.25, -0.2) is 0 Å². The number of ether oxygens (including phenoxy) is 2. The van der Waals surface area contributed by atoms with Gasteiger partial charge >= 0.3 is 0 Å². The van der Waals surface area contributed by atoms with Crippen molar-refractivity contribution in [1.29, 1.82) is 0 Å². The Balaban J connectivity index is 2.84. The van der Waals surface area contributed by atoms with Gasteiger partial charge in [-0.15, -0.1) is 6.42 Å². The van der Waals surface area contributed by atoms with Gasteiger partial charge in [0.1, 0.15) is 0 Å². The van der Waals surface area contributed by atoms with Crippen LogP contribution in [0.15, 0.2) is 18.2 Å². The van der Waals surface area contributed by atoms with Crippen LogP contribution in [0.4, 0.5) is 0 Å². The van der Waals surface area contributed by atoms with E-state index in [2.05, 4.69) is 11.2 Å². The number of methoxy groups -OCH3 is 1. The van der Waals surface area contributed by atoms with Crippen LogP contribution in [0, 0.1) is 12.3 Å². The highest BCUT2D eigenvalue weighted by Crippen LogP contribution is 2.30. The molecule has 1 N–H and O–H groups in total. The third-order valence-corrected chi connectivity index (χ3v) is 2.41. The molecule has 0 aliphatic rings. The predicted molar refractivity (Wildman–Crippen MR) is 69.3 cm³/mol. The van der Waals surface area contributed by atoms with Crippen molar-refractivity contribution in [3.05, 3.63) is 23.8 Å². The molecule has 0 amide bonds. The molecule has 1 rings (SSSR count). The quantitative estimate of drug-likeness (QED) is 0.764. The second-order valence-electron chi connectivity index (χ2n) is 3.65. The van der Waals surface area contributed by atoms with Crippen LogP contribution in [-0.2, 0) is 6.54 Å². The number of para-hydroxylation sites is 1. The number of hydrogen-bond donors (Lipinski definition) is 1. The number of benzene rings is 1. The van der Waals surface area contributed by atoms with Gasteiger partial charge in [-0.2, -0.15) is 0 Å². The van der Waals surface area contributed by atoms with E-state index in [0.29, 0.717) is 13.2 Å². The summed E-state index contributed by atoms with van der Waals surface area (Å²) in [4.78, 5) is 0. The fourth-order valence-corrected chi connectivity index (χ4v) is 1.52. The lowest BCUT2D eigenvalue weighted by Crippen LogP contribution is -2.23. The Labute approximate surface area is 103 Å². The number of terminal acetylenes is 1. The molecule has 0 fully saturated rings. The third kappa shape index (κ3) is 3.69. The molecular weight excluding hydrogens is 214 g/mol. The summed E-state index contributed by atoms with van der Waals surface area (Å²) in [6, 6.07) is 5.88. The molecule has 0 aliphatic carbocycles. The molecule has 1 aromatic carbocycles. The maximum absolute atomic E-state index is 5.51. The molecule has 0 saturated carbocycles. The Hall–Kier alpha value is -1.66. The average Bonchev–Trinajstić information content (AvgIpc) is 2.36. The molecule has 0 saturated heterocycles. The molecular formula is C14H19NO2. The van der Waals surface area contributed by atoms with E-state index in [-0.39, 0.29) is 6.04 Å². The summed E-state index contributed by atoms with van der Waals surface area (Å²) in [7, 11) is 1.64. The number of nitrogens with one attached hydrogen (secondary N) is 1. The summed E-state index contributed by atoms with van der Waals surface area (Å²) in [6.07, 6.45) is 5.32. The van der Waals surface area contributed by atoms with E-state index in [9.17, 15) is 0 Å². The standard InChI is InChI=1S/C14H19NO2/c1-5-11(3)15-10-12-8-7-9-13(17-6-2)14(12)16-4/h1,7-9,11,15H,6,10H2,2-4H3. The zero-order valence-electron chi connectivity index (χ0n) is 10.6. The molecule has 0 spiro atoms. The molecule has 1 aromatic rings. The van der Waals surface area contributed by atoms with Gasteiger partial charge in [-0.05, 0) is 19.9 Å². The molecule has 1 atom stereocenters. The first-order valence-corrected chi connectivity index (χ1v) is 5.71. The normalized spacial score (nSPS) is 11.6. The van der Waals surface area contributed by atoms with Crippen LogP contribution in [0.1, 0.15) is 19.4 Å². The Morgan fingerprint density at radius 2 is 2.24 bits per heavy atom. The van der Waals surface area contributed by atoms with E-state index in [4.69, 9.17) is 15.9 Å². The Morgan fingerprint density at radius 3 is 2.82 bits per heavy atom. The minimum absolute atomic E-state index is 0.0375. The summed E-state index contributed by atoms with van der Waals surface area (Å²) >= 11 is 0. The maximum atomic E-state index is 5.51. The van der Waals surface area contributed by atoms with Gasteiger partial charge < -0.3 is 9.47 Å². The van der Waals surface area contributed by atoms with Crippen molar-refractivity contribution in [3.63, 3.8) is 0 Å². The van der Waals surface area contributed by atoms with Crippen LogP contribution < -0.4 is 14.8 Å². The van der Waals surface area contributed by atoms with Crippen LogP contribution in [-0.4, -0.2) is 19.8 Å². The lowest BCUT2D eigenvalue weighted by atomic mass is 10.1. The summed E-state index contributed by atoms with van der Waals surface area (Å²) in [5, 5.41) is 3.22. The second kappa shape index (κ2) is 6.82. The van der Waals surface area contributed by atoms with Gasteiger partial charge in [0.25, 0.3) is 0 Å². The number of hydrogen-bond acceptors (Lipinski definition) is 3. The van der Waals surface area contributed by atoms with Gasteiger partial charge in [0.2, 0.25) is 0 Å². The summed E-state index contributed by atoms with van der Waals surface area (Å²) in [6.45, 7) is 5.17. The van der Waals surface area contributed by atoms with Crippen molar-refractivity contribution in [1.82, 2.24) is 5.32 Å². The predicted octanol–water partition coefficient (Wildman–Crippen LogP) is 2.21. The largest absolute Gasteiger partial charge is 0.493 e. The molecule has 3 nitrogen and oxygen atoms in total. The highest BCUT2D eigenvalue weighted by atomic mass is 16.5. The first-order valence-electron chi connectivity index (χ1n) is 5.71. The maximum Gasteiger partial charge on any atom is 0.165 e. The van der Waals surface area contributed by atoms with E-state index >= 15 is 0 Å². The zero-order valence-corrected chi connectivity index (χ0v) is 10.6. The summed E-state index contributed by atoms with van der Waals surface area (Å²) in [5.74, 6) is 4.17. The van der Waals surface area contributed by atoms with Crippen LogP contribution in [0.5, 0.6) is 11.5 Å². The van der Waals surface area contributed by atoms with Crippen LogP contribution in [0.3, 0.4) is 0 Å². The fourth-order valence-electron chi connectivity index (χ4n) is 1.52. The smallest absolute Gasteiger partial charge is 0.165 e. The lowest BCUT2D eigenvalue weighted by molar-refractivity contribution is 0.308. The van der Waals surface area contributed by atoms with E-state index in [1.54, 1.807) is 7.11 Å². The van der Waals surface area contributed by atoms with Crippen molar-refractivity contribution in [2.75, 3.05) is 13.7 Å². The van der Waals surface area contributed by atoms with Crippen LogP contribution in [0.25, 0.3) is 0 Å². The fraction of sp³-hybridized carbons (Fsp3) is 0.429. The Morgan fingerprint density at radius 1 is 1.47 bits per heavy atom. The lowest BCUT2D eigenvalue weighted by Gasteiger charge is -2.15. The average molecular weight is 233 g/mol. The molecule has 0 radical (unpaired) electrons. The second-order valence-corrected chi connectivity index (χ2v) is 3.65. The van der Waals surface area contributed by atoms with Gasteiger partial charge in [0.15, 0.2) is 11.5 Å².